The Morgan fingerprint density at radius 1 is 1.86 bits per heavy atom. The van der Waals surface area contributed by atoms with Crippen LogP contribution in [0.25, 0.3) is 0 Å². The van der Waals surface area contributed by atoms with Crippen LogP contribution < -0.4 is 3.71 Å². The van der Waals surface area contributed by atoms with Crippen LogP contribution in [0.15, 0.2) is 12.5 Å². The zero-order chi connectivity index (χ0) is 5.28. The molecule has 0 spiro atoms. The molecule has 0 fully saturated rings. The predicted molar refractivity (Wildman–Crippen MR) is 28.6 cm³/mol. The van der Waals surface area contributed by atoms with E-state index in [9.17, 15) is 0 Å². The van der Waals surface area contributed by atoms with E-state index in [-0.39, 0.29) is 0 Å². The van der Waals surface area contributed by atoms with E-state index in [1.165, 1.54) is 22.5 Å². The molecule has 0 bridgehead atoms. The minimum absolute atomic E-state index is 1.16. The number of imidazole rings is 1. The van der Waals surface area contributed by atoms with Gasteiger partial charge in [0.2, 0.25) is 0 Å². The van der Waals surface area contributed by atoms with Crippen LogP contribution in [-0.4, -0.2) is 32.1 Å². The molecule has 0 aliphatic heterocycles. The molecule has 0 N–H and O–H groups in total. The molecule has 0 saturated carbocycles. The van der Waals surface area contributed by atoms with E-state index in [0.717, 1.165) is 3.71 Å². The van der Waals surface area contributed by atoms with Gasteiger partial charge in [-0.25, -0.2) is 0 Å². The van der Waals surface area contributed by atoms with Crippen LogP contribution in [-0.2, 0) is 7.05 Å². The molecule has 35 valence electrons. The van der Waals surface area contributed by atoms with Gasteiger partial charge < -0.3 is 0 Å². The van der Waals surface area contributed by atoms with E-state index in [4.69, 9.17) is 0 Å². The van der Waals surface area contributed by atoms with Gasteiger partial charge >= 0.3 is 55.4 Å². The Hall–Kier alpha value is 0.00870. The first-order valence-electron chi connectivity index (χ1n) is 1.98. The van der Waals surface area contributed by atoms with Crippen molar-refractivity contribution in [3.05, 3.63) is 12.5 Å². The van der Waals surface area contributed by atoms with E-state index in [1.807, 2.05) is 24.1 Å². The number of hydrogen-bond donors (Lipinski definition) is 0. The standard InChI is InChI=1S/C4H5N2.Sn/c1-6-3-2-5-4-6;/h3-4H,1H3;. The summed E-state index contributed by atoms with van der Waals surface area (Å²) in [7, 11) is 1.97. The van der Waals surface area contributed by atoms with E-state index >= 15 is 0 Å². The predicted octanol–water partition coefficient (Wildman–Crippen LogP) is -0.786. The van der Waals surface area contributed by atoms with Crippen molar-refractivity contribution in [3.8, 4) is 0 Å². The maximum absolute atomic E-state index is 4.02. The van der Waals surface area contributed by atoms with Gasteiger partial charge in [-0.3, -0.25) is 0 Å². The first-order chi connectivity index (χ1) is 3.29. The van der Waals surface area contributed by atoms with Crippen molar-refractivity contribution in [2.45, 2.75) is 0 Å². The average Bonchev–Trinajstić information content (AvgIpc) is 1.87. The normalized spacial score (nSPS) is 9.43. The third kappa shape index (κ3) is 1.19. The van der Waals surface area contributed by atoms with Crippen molar-refractivity contribution in [1.82, 2.24) is 9.55 Å². The molecule has 0 saturated heterocycles. The Bertz CT molecular complexity index is 142. The molecule has 7 heavy (non-hydrogen) atoms. The van der Waals surface area contributed by atoms with Crippen molar-refractivity contribution < 1.29 is 0 Å². The van der Waals surface area contributed by atoms with E-state index in [0.29, 0.717) is 0 Å². The molecular weight excluding hydrogens is 195 g/mol. The number of rotatable bonds is 0. The van der Waals surface area contributed by atoms with Crippen molar-refractivity contribution in [2.24, 2.45) is 7.05 Å². The summed E-state index contributed by atoms with van der Waals surface area (Å²) in [5.41, 5.74) is 0. The molecule has 1 aromatic rings. The van der Waals surface area contributed by atoms with Crippen LogP contribution in [0.4, 0.5) is 0 Å². The maximum atomic E-state index is 4.02. The summed E-state index contributed by atoms with van der Waals surface area (Å²) in [6.45, 7) is 0. The van der Waals surface area contributed by atoms with Crippen LogP contribution in [0.2, 0.25) is 0 Å². The summed E-state index contributed by atoms with van der Waals surface area (Å²) in [5, 5.41) is 0. The third-order valence-corrected chi connectivity index (χ3v) is 1.44. The van der Waals surface area contributed by atoms with E-state index in [1.54, 1.807) is 0 Å². The first-order valence-corrected chi connectivity index (χ1v) is 3.41. The van der Waals surface area contributed by atoms with E-state index in [2.05, 4.69) is 4.98 Å². The monoisotopic (exact) mass is 201 g/mol. The Balaban J connectivity index is 3.04. The molecule has 3 heteroatoms. The topological polar surface area (TPSA) is 17.8 Å². The number of hydrogen-bond acceptors (Lipinski definition) is 1. The second-order valence-corrected chi connectivity index (χ2v) is 2.89. The summed E-state index contributed by atoms with van der Waals surface area (Å²) in [6, 6.07) is 0. The van der Waals surface area contributed by atoms with Crippen LogP contribution in [0.3, 0.4) is 0 Å². The fourth-order valence-electron chi connectivity index (χ4n) is 0.413. The zero-order valence-electron chi connectivity index (χ0n) is 4.05. The fraction of sp³-hybridized carbons (Fsp3) is 0.250. The molecule has 2 nitrogen and oxygen atoms in total. The van der Waals surface area contributed by atoms with Crippen LogP contribution in [0, 0.1) is 0 Å². The van der Waals surface area contributed by atoms with Gasteiger partial charge in [0.05, 0.1) is 0 Å². The third-order valence-electron chi connectivity index (χ3n) is 0.705. The molecule has 1 heterocycles. The van der Waals surface area contributed by atoms with E-state index < -0.39 is 0 Å². The van der Waals surface area contributed by atoms with Crippen molar-refractivity contribution in [1.29, 1.82) is 0 Å². The second-order valence-electron chi connectivity index (χ2n) is 1.42. The summed E-state index contributed by atoms with van der Waals surface area (Å²) in [6.07, 6.45) is 3.82. The Labute approximate surface area is 55.6 Å². The molecule has 0 unspecified atom stereocenters. The summed E-state index contributed by atoms with van der Waals surface area (Å²) < 4.78 is 3.11. The molecule has 0 aliphatic rings. The van der Waals surface area contributed by atoms with Crippen molar-refractivity contribution >= 4 is 26.2 Å². The molecule has 0 aliphatic carbocycles. The Morgan fingerprint density at radius 2 is 2.57 bits per heavy atom. The van der Waals surface area contributed by atoms with Gasteiger partial charge in [0.1, 0.15) is 0 Å². The number of nitrogens with zero attached hydrogens (tertiary/aromatic N) is 2. The average molecular weight is 200 g/mol. The van der Waals surface area contributed by atoms with Gasteiger partial charge in [0, 0.05) is 0 Å². The molecule has 0 aromatic carbocycles. The summed E-state index contributed by atoms with van der Waals surface area (Å²) in [4.78, 5) is 4.02. The van der Waals surface area contributed by atoms with Gasteiger partial charge in [-0.2, -0.15) is 0 Å². The second kappa shape index (κ2) is 1.86. The van der Waals surface area contributed by atoms with Gasteiger partial charge in [-0.1, -0.05) is 0 Å². The SMILES string of the molecule is Cn1cn[c]([Sn])c1. The molecule has 0 amide bonds. The molecule has 1 aromatic heterocycles. The summed E-state index contributed by atoms with van der Waals surface area (Å²) >= 11 is 1.38. The zero-order valence-corrected chi connectivity index (χ0v) is 6.90. The van der Waals surface area contributed by atoms with Crippen LogP contribution >= 0.6 is 0 Å². The first kappa shape index (κ1) is 5.15. The number of aromatic nitrogens is 2. The molecule has 3 radical (unpaired) electrons. The molecule has 0 atom stereocenters. The Morgan fingerprint density at radius 3 is 2.71 bits per heavy atom. The quantitative estimate of drug-likeness (QED) is 0.502. The minimum atomic E-state index is 1.16. The number of aryl methyl sites for hydroxylation is 1. The Kier molecular flexibility index (Phi) is 1.37. The van der Waals surface area contributed by atoms with Crippen LogP contribution in [0.5, 0.6) is 0 Å². The van der Waals surface area contributed by atoms with Gasteiger partial charge in [-0.05, 0) is 0 Å². The van der Waals surface area contributed by atoms with Crippen LogP contribution in [0.1, 0.15) is 0 Å². The van der Waals surface area contributed by atoms with Gasteiger partial charge in [0.15, 0.2) is 0 Å². The molecule has 1 rings (SSSR count). The summed E-state index contributed by atoms with van der Waals surface area (Å²) in [5.74, 6) is 0. The van der Waals surface area contributed by atoms with Crippen molar-refractivity contribution in [2.75, 3.05) is 0 Å². The van der Waals surface area contributed by atoms with Crippen molar-refractivity contribution in [3.63, 3.8) is 0 Å². The fourth-order valence-corrected chi connectivity index (χ4v) is 1.16. The van der Waals surface area contributed by atoms with Gasteiger partial charge in [-0.15, -0.1) is 0 Å². The molecular formula is C4H5N2Sn. The van der Waals surface area contributed by atoms with Gasteiger partial charge in [0.25, 0.3) is 0 Å².